The second-order valence-electron chi connectivity index (χ2n) is 27.3. The lowest BCUT2D eigenvalue weighted by Gasteiger charge is -2.25. The Labute approximate surface area is 609 Å². The molecule has 0 saturated heterocycles. The molecule has 0 radical (unpaired) electrons. The van der Waals surface area contributed by atoms with E-state index in [1.807, 2.05) is 21.1 Å². The fraction of sp³-hybridized carbons (Fsp3) is 0.633. The number of carbonyl (C=O) groups is 3. The Morgan fingerprint density at radius 3 is 0.808 bits per heavy atom. The largest absolute Gasteiger partial charge is 0.477 e. The molecule has 9 heteroatoms. The van der Waals surface area contributed by atoms with Crippen LogP contribution in [0, 0.1) is 0 Å². The van der Waals surface area contributed by atoms with Crippen molar-refractivity contribution < 1.29 is 42.9 Å². The van der Waals surface area contributed by atoms with Gasteiger partial charge in [-0.3, -0.25) is 9.59 Å². The summed E-state index contributed by atoms with van der Waals surface area (Å²) in [5, 5.41) is 9.78. The summed E-state index contributed by atoms with van der Waals surface area (Å²) in [5.41, 5.74) is 0. The molecule has 0 spiro atoms. The second-order valence-corrected chi connectivity index (χ2v) is 27.3. The van der Waals surface area contributed by atoms with Crippen molar-refractivity contribution in [1.82, 2.24) is 0 Å². The summed E-state index contributed by atoms with van der Waals surface area (Å²) in [6.07, 6.45) is 116. The first-order chi connectivity index (χ1) is 48.6. The Kier molecular flexibility index (Phi) is 73.7. The molecular formula is C90H148NO8+. The van der Waals surface area contributed by atoms with Crippen LogP contribution in [0.25, 0.3) is 0 Å². The minimum atomic E-state index is -1.52. The van der Waals surface area contributed by atoms with Gasteiger partial charge in [0, 0.05) is 12.8 Å². The first-order valence-corrected chi connectivity index (χ1v) is 39.9. The molecule has 0 aliphatic rings. The Balaban J connectivity index is 4.08. The summed E-state index contributed by atoms with van der Waals surface area (Å²) in [5.74, 6) is -2.01. The number of aliphatic carboxylic acids is 1. The first kappa shape index (κ1) is 93.4. The number of carboxylic acids is 1. The number of rotatable bonds is 72. The van der Waals surface area contributed by atoms with Crippen molar-refractivity contribution in [3.05, 3.63) is 182 Å². The lowest BCUT2D eigenvalue weighted by molar-refractivity contribution is -0.870. The van der Waals surface area contributed by atoms with Gasteiger partial charge in [0.05, 0.1) is 34.4 Å². The summed E-state index contributed by atoms with van der Waals surface area (Å²) in [4.78, 5) is 37.8. The lowest BCUT2D eigenvalue weighted by atomic mass is 10.0. The number of nitrogens with zero attached hydrogens (tertiary/aromatic N) is 1. The van der Waals surface area contributed by atoms with Crippen molar-refractivity contribution in [3.8, 4) is 0 Å². The van der Waals surface area contributed by atoms with Crippen molar-refractivity contribution in [1.29, 1.82) is 0 Å². The number of carboxylic acid groups (broad SMARTS) is 1. The van der Waals surface area contributed by atoms with Crippen molar-refractivity contribution in [2.75, 3.05) is 47.5 Å². The highest BCUT2D eigenvalue weighted by molar-refractivity contribution is 5.71. The summed E-state index contributed by atoms with van der Waals surface area (Å²) < 4.78 is 23.0. The van der Waals surface area contributed by atoms with E-state index in [1.54, 1.807) is 0 Å². The molecule has 0 aromatic carbocycles. The number of esters is 2. The van der Waals surface area contributed by atoms with E-state index in [0.717, 1.165) is 141 Å². The number of hydrogen-bond donors (Lipinski definition) is 1. The Morgan fingerprint density at radius 1 is 0.303 bits per heavy atom. The van der Waals surface area contributed by atoms with Gasteiger partial charge in [-0.1, -0.05) is 344 Å². The molecule has 2 atom stereocenters. The predicted octanol–water partition coefficient (Wildman–Crippen LogP) is 25.9. The van der Waals surface area contributed by atoms with Gasteiger partial charge in [-0.05, 0) is 135 Å². The number of allylic oxidation sites excluding steroid dienone is 30. The Hall–Kier alpha value is -5.61. The molecule has 0 aromatic rings. The molecule has 0 bridgehead atoms. The maximum absolute atomic E-state index is 13.0. The fourth-order valence-electron chi connectivity index (χ4n) is 10.7. The molecular weight excluding hydrogens is 1220 g/mol. The molecule has 99 heavy (non-hydrogen) atoms. The molecule has 0 amide bonds. The molecule has 0 fully saturated rings. The number of unbranched alkanes of at least 4 members (excludes halogenated alkanes) is 27. The third-order valence-corrected chi connectivity index (χ3v) is 16.7. The van der Waals surface area contributed by atoms with Gasteiger partial charge in [-0.2, -0.15) is 0 Å². The van der Waals surface area contributed by atoms with Gasteiger partial charge in [0.1, 0.15) is 13.2 Å². The quantitative estimate of drug-likeness (QED) is 0.0211. The monoisotopic (exact) mass is 1370 g/mol. The minimum Gasteiger partial charge on any atom is -0.477 e. The van der Waals surface area contributed by atoms with Crippen LogP contribution in [0.1, 0.15) is 309 Å². The van der Waals surface area contributed by atoms with Crippen LogP contribution in [-0.4, -0.2) is 87.4 Å². The maximum atomic E-state index is 13.0. The van der Waals surface area contributed by atoms with E-state index in [9.17, 15) is 19.5 Å². The number of quaternary nitrogens is 1. The van der Waals surface area contributed by atoms with Crippen molar-refractivity contribution in [2.24, 2.45) is 0 Å². The van der Waals surface area contributed by atoms with Gasteiger partial charge in [0.15, 0.2) is 6.10 Å². The Bertz CT molecular complexity index is 2290. The third kappa shape index (κ3) is 79.6. The molecule has 0 aliphatic carbocycles. The van der Waals surface area contributed by atoms with Gasteiger partial charge >= 0.3 is 17.9 Å². The molecule has 0 saturated carbocycles. The van der Waals surface area contributed by atoms with Crippen LogP contribution < -0.4 is 0 Å². The van der Waals surface area contributed by atoms with E-state index in [0.29, 0.717) is 23.9 Å². The van der Waals surface area contributed by atoms with Crippen molar-refractivity contribution in [2.45, 2.75) is 322 Å². The van der Waals surface area contributed by atoms with Crippen LogP contribution in [0.15, 0.2) is 182 Å². The molecule has 2 unspecified atom stereocenters. The van der Waals surface area contributed by atoms with Crippen LogP contribution in [0.3, 0.4) is 0 Å². The lowest BCUT2D eigenvalue weighted by Crippen LogP contribution is -2.40. The van der Waals surface area contributed by atoms with Crippen LogP contribution in [0.2, 0.25) is 0 Å². The standard InChI is InChI=1S/C90H147NO8/c1-6-8-10-12-14-16-18-20-22-24-26-28-30-32-34-36-38-40-41-42-43-44-45-46-47-49-51-53-55-57-59-61-63-65-67-69-71-73-75-77-79-81-88(93)99-86(85-98-90(89(94)95)96-83-82-91(3,4)5)84-97-87(92)80-78-76-74-72-70-68-66-64-62-60-58-56-54-52-50-48-39-37-35-33-31-29-27-25-23-21-19-17-15-13-11-9-7-2/h8-11,14-17,20-23,26-29,32-35,38-40,42-43,45-46,48,52,54,86,90H,6-7,12-13,18-19,24-25,30-31,36-37,41,44,47,49-51,53,55-85H2,1-5H3/p+1/b10-8-,11-9-,16-14-,17-15-,22-20-,23-21-,28-26-,29-27-,34-32-,35-33-,40-38-,43-42-,46-45-,48-39-,54-52-. The molecule has 0 heterocycles. The van der Waals surface area contributed by atoms with E-state index in [-0.39, 0.29) is 32.2 Å². The van der Waals surface area contributed by atoms with Gasteiger partial charge in [0.2, 0.25) is 0 Å². The van der Waals surface area contributed by atoms with Crippen LogP contribution in [0.4, 0.5) is 0 Å². The fourth-order valence-corrected chi connectivity index (χ4v) is 10.7. The molecule has 560 valence electrons. The second kappa shape index (κ2) is 78.1. The molecule has 0 aliphatic heterocycles. The normalized spacial score (nSPS) is 13.7. The van der Waals surface area contributed by atoms with Crippen LogP contribution in [-0.2, 0) is 33.3 Å². The topological polar surface area (TPSA) is 108 Å². The van der Waals surface area contributed by atoms with Gasteiger partial charge < -0.3 is 28.5 Å². The molecule has 9 nitrogen and oxygen atoms in total. The number of carbonyl (C=O) groups excluding carboxylic acids is 2. The zero-order valence-electron chi connectivity index (χ0n) is 64.1. The highest BCUT2D eigenvalue weighted by atomic mass is 16.7. The van der Waals surface area contributed by atoms with Crippen molar-refractivity contribution >= 4 is 17.9 Å². The summed E-state index contributed by atoms with van der Waals surface area (Å²) >= 11 is 0. The van der Waals surface area contributed by atoms with E-state index < -0.39 is 24.3 Å². The highest BCUT2D eigenvalue weighted by Gasteiger charge is 2.25. The average Bonchev–Trinajstić information content (AvgIpc) is 2.62. The van der Waals surface area contributed by atoms with E-state index in [1.165, 1.54) is 135 Å². The first-order valence-electron chi connectivity index (χ1n) is 39.9. The summed E-state index contributed by atoms with van der Waals surface area (Å²) in [7, 11) is 5.98. The van der Waals surface area contributed by atoms with Crippen LogP contribution >= 0.6 is 0 Å². The van der Waals surface area contributed by atoms with Gasteiger partial charge in [-0.15, -0.1) is 0 Å². The summed E-state index contributed by atoms with van der Waals surface area (Å²) in [6.45, 7) is 4.65. The Morgan fingerprint density at radius 2 is 0.545 bits per heavy atom. The maximum Gasteiger partial charge on any atom is 0.361 e. The predicted molar refractivity (Wildman–Crippen MR) is 428 cm³/mol. The van der Waals surface area contributed by atoms with Crippen LogP contribution in [0.5, 0.6) is 0 Å². The van der Waals surface area contributed by atoms with Gasteiger partial charge in [-0.25, -0.2) is 4.79 Å². The SMILES string of the molecule is CC/C=C\C/C=C\C/C=C\C/C=C\C/C=C\C/C=C\C/C=C\C/C=C\CCCCCCCCCCCCCCCCCCC(=O)OC(COC(=O)CCCCCCCCCCCCC/C=C\C/C=C\C/C=C\C/C=C\C/C=C\C/C=C\C/C=C\CC)COC(OCC[N+](C)(C)C)C(=O)O. The zero-order chi connectivity index (χ0) is 71.8. The average molecular weight is 1370 g/mol. The third-order valence-electron chi connectivity index (χ3n) is 16.7. The number of ether oxygens (including phenoxy) is 4. The number of likely N-dealkylation sites (N-methyl/N-ethyl adjacent to an activating group) is 1. The smallest absolute Gasteiger partial charge is 0.361 e. The van der Waals surface area contributed by atoms with E-state index in [2.05, 4.69) is 196 Å². The highest BCUT2D eigenvalue weighted by Crippen LogP contribution is 2.17. The number of hydrogen-bond acceptors (Lipinski definition) is 7. The molecule has 0 rings (SSSR count). The van der Waals surface area contributed by atoms with Crippen molar-refractivity contribution in [3.63, 3.8) is 0 Å². The zero-order valence-corrected chi connectivity index (χ0v) is 64.1. The van der Waals surface area contributed by atoms with E-state index in [4.69, 9.17) is 18.9 Å². The van der Waals surface area contributed by atoms with Gasteiger partial charge in [0.25, 0.3) is 6.29 Å². The molecule has 1 N–H and O–H groups in total. The minimum absolute atomic E-state index is 0.180. The van der Waals surface area contributed by atoms with E-state index >= 15 is 0 Å². The molecule has 0 aromatic heterocycles. The summed E-state index contributed by atoms with van der Waals surface area (Å²) in [6, 6.07) is 0.